The van der Waals surface area contributed by atoms with Crippen molar-refractivity contribution in [2.75, 3.05) is 31.6 Å². The summed E-state index contributed by atoms with van der Waals surface area (Å²) in [6.07, 6.45) is 7.26. The van der Waals surface area contributed by atoms with Gasteiger partial charge in [-0.05, 0) is 61.9 Å². The number of carbonyl (C=O) groups is 1. The highest BCUT2D eigenvalue weighted by Crippen LogP contribution is 2.40. The van der Waals surface area contributed by atoms with E-state index in [1.165, 1.54) is 17.8 Å². The summed E-state index contributed by atoms with van der Waals surface area (Å²) in [5.41, 5.74) is 12.7. The summed E-state index contributed by atoms with van der Waals surface area (Å²) in [5, 5.41) is 2.32. The van der Waals surface area contributed by atoms with Crippen LogP contribution in [0.3, 0.4) is 0 Å². The Morgan fingerprint density at radius 1 is 1.11 bits per heavy atom. The Balaban J connectivity index is 1.24. The highest BCUT2D eigenvalue weighted by molar-refractivity contribution is 7.13. The molecule has 234 valence electrons. The fraction of sp³-hybridized carbons (Fsp3) is 0.471. The standard InChI is InChI=1S/C34H40N8O2S/c1-4-23-18-40(20(2)30(23)35)34(43)25-10-26-31(28(12-25)44-3)42(17-22-14-39(15-22)29-13-36-19-45-29)33(38-26)27-11-24-6-5-9-37-32(24)41(27)16-21-7-8-21/h5-6,9-13,19-23,30H,4,7-8,14-18,35H2,1-3H3/t20?,23?,30-/m0/s1. The number of pyridine rings is 1. The Kier molecular flexibility index (Phi) is 7.05. The monoisotopic (exact) mass is 624 g/mol. The van der Waals surface area contributed by atoms with Gasteiger partial charge in [-0.2, -0.15) is 0 Å². The molecule has 3 aliphatic rings. The smallest absolute Gasteiger partial charge is 0.254 e. The Hall–Kier alpha value is -3.96. The van der Waals surface area contributed by atoms with Crippen molar-refractivity contribution in [2.45, 2.75) is 58.3 Å². The average Bonchev–Trinajstić information content (AvgIpc) is 3.33. The summed E-state index contributed by atoms with van der Waals surface area (Å²) >= 11 is 1.68. The largest absolute Gasteiger partial charge is 0.494 e. The van der Waals surface area contributed by atoms with Crippen molar-refractivity contribution in [3.8, 4) is 17.3 Å². The lowest BCUT2D eigenvalue weighted by molar-refractivity contribution is 0.0739. The molecule has 1 amide bonds. The zero-order chi connectivity index (χ0) is 30.8. The van der Waals surface area contributed by atoms with Gasteiger partial charge in [0.1, 0.15) is 21.9 Å². The van der Waals surface area contributed by atoms with Crippen LogP contribution in [0, 0.1) is 17.8 Å². The van der Waals surface area contributed by atoms with Crippen LogP contribution in [0.2, 0.25) is 0 Å². The van der Waals surface area contributed by atoms with E-state index in [-0.39, 0.29) is 18.0 Å². The zero-order valence-corrected chi connectivity index (χ0v) is 26.9. The summed E-state index contributed by atoms with van der Waals surface area (Å²) < 4.78 is 10.7. The van der Waals surface area contributed by atoms with E-state index in [2.05, 4.69) is 45.0 Å². The summed E-state index contributed by atoms with van der Waals surface area (Å²) in [5.74, 6) is 2.94. The number of hydrogen-bond donors (Lipinski definition) is 1. The van der Waals surface area contributed by atoms with Crippen LogP contribution in [0.1, 0.15) is 43.5 Å². The quantitative estimate of drug-likeness (QED) is 0.238. The van der Waals surface area contributed by atoms with Crippen molar-refractivity contribution >= 4 is 44.3 Å². The summed E-state index contributed by atoms with van der Waals surface area (Å²) in [6.45, 7) is 8.50. The van der Waals surface area contributed by atoms with Gasteiger partial charge in [0.15, 0.2) is 5.82 Å². The molecular weight excluding hydrogens is 584 g/mol. The van der Waals surface area contributed by atoms with Gasteiger partial charge < -0.3 is 29.4 Å². The molecule has 10 nitrogen and oxygen atoms in total. The van der Waals surface area contributed by atoms with Gasteiger partial charge in [-0.15, -0.1) is 11.3 Å². The third-order valence-corrected chi connectivity index (χ3v) is 11.1. The van der Waals surface area contributed by atoms with Crippen molar-refractivity contribution in [1.82, 2.24) is 29.0 Å². The Bertz CT molecular complexity index is 1870. The van der Waals surface area contributed by atoms with Crippen molar-refractivity contribution in [1.29, 1.82) is 0 Å². The molecule has 1 aromatic carbocycles. The Morgan fingerprint density at radius 2 is 1.93 bits per heavy atom. The number of amides is 1. The van der Waals surface area contributed by atoms with Gasteiger partial charge in [-0.3, -0.25) is 9.78 Å². The van der Waals surface area contributed by atoms with Crippen LogP contribution >= 0.6 is 11.3 Å². The average molecular weight is 625 g/mol. The SMILES string of the molecule is CCC1CN(C(=O)c2cc(OC)c3c(c2)nc(-c2cc4cccnc4n2CC2CC2)n3CC2CN(c3cncs3)C2)C(C)[C@@H]1N. The molecule has 3 fully saturated rings. The Morgan fingerprint density at radius 3 is 2.64 bits per heavy atom. The van der Waals surface area contributed by atoms with E-state index in [0.29, 0.717) is 35.6 Å². The number of likely N-dealkylation sites (tertiary alicyclic amines) is 1. The van der Waals surface area contributed by atoms with Gasteiger partial charge in [-0.1, -0.05) is 13.3 Å². The van der Waals surface area contributed by atoms with E-state index < -0.39 is 0 Å². The molecular formula is C34H40N8O2S. The van der Waals surface area contributed by atoms with Gasteiger partial charge in [0.25, 0.3) is 5.91 Å². The van der Waals surface area contributed by atoms with Crippen LogP contribution in [-0.4, -0.2) is 73.7 Å². The molecule has 6 heterocycles. The number of nitrogens with two attached hydrogens (primary N) is 1. The zero-order valence-electron chi connectivity index (χ0n) is 26.1. The summed E-state index contributed by atoms with van der Waals surface area (Å²) in [7, 11) is 1.68. The van der Waals surface area contributed by atoms with Crippen molar-refractivity contribution < 1.29 is 9.53 Å². The molecule has 0 radical (unpaired) electrons. The van der Waals surface area contributed by atoms with Gasteiger partial charge in [-0.25, -0.2) is 9.97 Å². The number of hydrogen-bond acceptors (Lipinski definition) is 8. The number of fused-ring (bicyclic) bond motifs is 2. The highest BCUT2D eigenvalue weighted by atomic mass is 32.1. The number of benzene rings is 1. The maximum Gasteiger partial charge on any atom is 0.254 e. The highest BCUT2D eigenvalue weighted by Gasteiger charge is 2.39. The molecule has 2 saturated heterocycles. The molecule has 2 N–H and O–H groups in total. The van der Waals surface area contributed by atoms with Gasteiger partial charge in [0.05, 0.1) is 30.0 Å². The molecule has 5 aromatic rings. The number of ether oxygens (including phenoxy) is 1. The van der Waals surface area contributed by atoms with Crippen LogP contribution in [0.15, 0.2) is 48.2 Å². The van der Waals surface area contributed by atoms with E-state index >= 15 is 0 Å². The first kappa shape index (κ1) is 28.5. The van der Waals surface area contributed by atoms with Crippen LogP contribution in [0.4, 0.5) is 5.00 Å². The lowest BCUT2D eigenvalue weighted by Gasteiger charge is -2.40. The minimum Gasteiger partial charge on any atom is -0.494 e. The van der Waals surface area contributed by atoms with Crippen molar-refractivity contribution in [2.24, 2.45) is 23.5 Å². The Labute approximate surface area is 266 Å². The third kappa shape index (κ3) is 4.87. The maximum atomic E-state index is 14.0. The molecule has 4 aromatic heterocycles. The second kappa shape index (κ2) is 11.1. The predicted molar refractivity (Wildman–Crippen MR) is 178 cm³/mol. The van der Waals surface area contributed by atoms with Crippen LogP contribution in [0.25, 0.3) is 33.6 Å². The minimum absolute atomic E-state index is 0.0172. The molecule has 3 atom stereocenters. The van der Waals surface area contributed by atoms with E-state index in [9.17, 15) is 4.79 Å². The van der Waals surface area contributed by atoms with Crippen molar-refractivity contribution in [3.05, 3.63) is 53.8 Å². The first-order valence-corrected chi connectivity index (χ1v) is 17.0. The van der Waals surface area contributed by atoms with Crippen LogP contribution in [0.5, 0.6) is 5.75 Å². The van der Waals surface area contributed by atoms with Crippen LogP contribution < -0.4 is 15.4 Å². The molecule has 45 heavy (non-hydrogen) atoms. The molecule has 2 aliphatic heterocycles. The van der Waals surface area contributed by atoms with E-state index in [0.717, 1.165) is 66.2 Å². The first-order valence-electron chi connectivity index (χ1n) is 16.2. The van der Waals surface area contributed by atoms with Gasteiger partial charge in [0, 0.05) is 67.9 Å². The number of aromatic nitrogens is 5. The lowest BCUT2D eigenvalue weighted by atomic mass is 9.98. The molecule has 0 bridgehead atoms. The second-order valence-corrected chi connectivity index (χ2v) is 14.0. The van der Waals surface area contributed by atoms with E-state index in [1.54, 1.807) is 18.4 Å². The number of carbonyl (C=O) groups excluding carboxylic acids is 1. The molecule has 1 saturated carbocycles. The number of imidazole rings is 1. The van der Waals surface area contributed by atoms with E-state index in [4.69, 9.17) is 20.4 Å². The normalized spacial score (nSPS) is 22.1. The predicted octanol–water partition coefficient (Wildman–Crippen LogP) is 5.26. The number of anilines is 1. The van der Waals surface area contributed by atoms with Gasteiger partial charge in [0.2, 0.25) is 0 Å². The molecule has 2 unspecified atom stereocenters. The van der Waals surface area contributed by atoms with Gasteiger partial charge >= 0.3 is 0 Å². The third-order valence-electron chi connectivity index (χ3n) is 10.2. The number of rotatable bonds is 9. The summed E-state index contributed by atoms with van der Waals surface area (Å²) in [6, 6.07) is 10.2. The number of nitrogens with zero attached hydrogens (tertiary/aromatic N) is 7. The van der Waals surface area contributed by atoms with E-state index in [1.807, 2.05) is 41.0 Å². The molecule has 11 heteroatoms. The number of methoxy groups -OCH3 is 1. The summed E-state index contributed by atoms with van der Waals surface area (Å²) in [4.78, 5) is 32.7. The maximum absolute atomic E-state index is 14.0. The first-order chi connectivity index (χ1) is 21.9. The van der Waals surface area contributed by atoms with Crippen LogP contribution in [-0.2, 0) is 13.1 Å². The molecule has 0 spiro atoms. The molecule has 8 rings (SSSR count). The molecule has 1 aliphatic carbocycles. The minimum atomic E-state index is -0.0250. The lowest BCUT2D eigenvalue weighted by Crippen LogP contribution is -2.48. The fourth-order valence-electron chi connectivity index (χ4n) is 7.36. The second-order valence-electron chi connectivity index (χ2n) is 13.1. The fourth-order valence-corrected chi connectivity index (χ4v) is 8.01. The van der Waals surface area contributed by atoms with Crippen molar-refractivity contribution in [3.63, 3.8) is 0 Å². The number of thiazole rings is 1. The topological polar surface area (TPSA) is 107 Å².